The molecule has 24 heavy (non-hydrogen) atoms. The number of nitrogens with one attached hydrogen (secondary N) is 1. The third-order valence-electron chi connectivity index (χ3n) is 4.51. The molecule has 1 saturated carbocycles. The van der Waals surface area contributed by atoms with Crippen LogP contribution in [0.1, 0.15) is 18.4 Å². The minimum atomic E-state index is -0.573. The van der Waals surface area contributed by atoms with Crippen LogP contribution in [0.5, 0.6) is 11.5 Å². The van der Waals surface area contributed by atoms with Gasteiger partial charge in [0.25, 0.3) is 5.56 Å². The summed E-state index contributed by atoms with van der Waals surface area (Å²) in [6, 6.07) is 6.99. The van der Waals surface area contributed by atoms with Gasteiger partial charge < -0.3 is 14.8 Å². The number of amides is 1. The van der Waals surface area contributed by atoms with Crippen LogP contribution in [0.2, 0.25) is 0 Å². The molecule has 0 radical (unpaired) electrons. The van der Waals surface area contributed by atoms with Crippen molar-refractivity contribution in [1.29, 1.82) is 0 Å². The van der Waals surface area contributed by atoms with E-state index in [4.69, 9.17) is 9.47 Å². The molecule has 1 fully saturated rings. The molecule has 1 amide bonds. The summed E-state index contributed by atoms with van der Waals surface area (Å²) in [5.74, 6) is 1.25. The van der Waals surface area contributed by atoms with Crippen LogP contribution >= 0.6 is 0 Å². The van der Waals surface area contributed by atoms with E-state index in [1.54, 1.807) is 7.05 Å². The number of carbonyl (C=O) groups is 1. The summed E-state index contributed by atoms with van der Waals surface area (Å²) in [5.41, 5.74) is 0.474. The predicted octanol–water partition coefficient (Wildman–Crippen LogP) is 1.22. The van der Waals surface area contributed by atoms with Crippen LogP contribution in [0.4, 0.5) is 5.69 Å². The first kappa shape index (κ1) is 14.7. The molecule has 4 rings (SSSR count). The third-order valence-corrected chi connectivity index (χ3v) is 4.51. The maximum Gasteiger partial charge on any atom is 0.268 e. The maximum atomic E-state index is 12.7. The summed E-state index contributed by atoms with van der Waals surface area (Å²) in [6.07, 6.45) is 2.99. The fourth-order valence-corrected chi connectivity index (χ4v) is 2.90. The molecule has 0 unspecified atom stereocenters. The molecule has 1 aliphatic heterocycles. The molecular formula is C17H17N3O4. The van der Waals surface area contributed by atoms with Gasteiger partial charge in [-0.1, -0.05) is 6.07 Å². The number of fused-ring (bicyclic) bond motifs is 1. The first-order chi connectivity index (χ1) is 11.6. The number of anilines is 1. The molecule has 124 valence electrons. The molecule has 1 N–H and O–H groups in total. The topological polar surface area (TPSA) is 82.5 Å². The monoisotopic (exact) mass is 327 g/mol. The molecule has 1 aromatic heterocycles. The van der Waals surface area contributed by atoms with Gasteiger partial charge in [-0.3, -0.25) is 9.59 Å². The van der Waals surface area contributed by atoms with Gasteiger partial charge in [0.15, 0.2) is 11.5 Å². The Bertz CT molecular complexity index is 870. The summed E-state index contributed by atoms with van der Waals surface area (Å²) in [4.78, 5) is 24.4. The minimum Gasteiger partial charge on any atom is -0.486 e. The molecule has 0 saturated heterocycles. The normalized spacial score (nSPS) is 17.2. The van der Waals surface area contributed by atoms with Crippen LogP contribution in [-0.2, 0) is 17.3 Å². The third kappa shape index (κ3) is 2.42. The van der Waals surface area contributed by atoms with Crippen molar-refractivity contribution >= 4 is 11.6 Å². The summed E-state index contributed by atoms with van der Waals surface area (Å²) < 4.78 is 12.3. The molecule has 1 aromatic carbocycles. The summed E-state index contributed by atoms with van der Waals surface area (Å²) in [6.45, 7) is 1.04. The Morgan fingerprint density at radius 2 is 1.96 bits per heavy atom. The Hall–Kier alpha value is -2.83. The Morgan fingerprint density at radius 1 is 1.21 bits per heavy atom. The number of aryl methyl sites for hydroxylation is 1. The minimum absolute atomic E-state index is 0.130. The molecular weight excluding hydrogens is 310 g/mol. The first-order valence-electron chi connectivity index (χ1n) is 7.83. The molecule has 2 aromatic rings. The van der Waals surface area contributed by atoms with Crippen molar-refractivity contribution in [1.82, 2.24) is 9.78 Å². The van der Waals surface area contributed by atoms with E-state index < -0.39 is 5.41 Å². The van der Waals surface area contributed by atoms with Gasteiger partial charge in [-0.05, 0) is 30.5 Å². The van der Waals surface area contributed by atoms with E-state index >= 15 is 0 Å². The first-order valence-corrected chi connectivity index (χ1v) is 7.83. The van der Waals surface area contributed by atoms with Crippen LogP contribution in [0.15, 0.2) is 35.3 Å². The van der Waals surface area contributed by atoms with Gasteiger partial charge in [0, 0.05) is 13.1 Å². The number of carbonyl (C=O) groups excluding carboxylic acids is 1. The van der Waals surface area contributed by atoms with Crippen molar-refractivity contribution in [3.05, 3.63) is 46.4 Å². The van der Waals surface area contributed by atoms with Gasteiger partial charge in [0.05, 0.1) is 17.3 Å². The average Bonchev–Trinajstić information content (AvgIpc) is 3.40. The Kier molecular flexibility index (Phi) is 3.30. The predicted molar refractivity (Wildman–Crippen MR) is 86.5 cm³/mol. The Morgan fingerprint density at radius 3 is 2.67 bits per heavy atom. The Balaban J connectivity index is 1.59. The SMILES string of the molecule is Cn1ncc(NC(=O)C2(c3ccc4c(c3)OCCO4)CC2)cc1=O. The highest BCUT2D eigenvalue weighted by molar-refractivity contribution is 6.01. The number of benzene rings is 1. The molecule has 7 heteroatoms. The summed E-state index contributed by atoms with van der Waals surface area (Å²) in [5, 5.41) is 6.72. The highest BCUT2D eigenvalue weighted by Crippen LogP contribution is 2.50. The largest absolute Gasteiger partial charge is 0.486 e. The molecule has 2 heterocycles. The zero-order chi connectivity index (χ0) is 16.7. The van der Waals surface area contributed by atoms with Crippen LogP contribution in [0, 0.1) is 0 Å². The lowest BCUT2D eigenvalue weighted by atomic mass is 9.94. The van der Waals surface area contributed by atoms with E-state index in [0.29, 0.717) is 30.4 Å². The Labute approximate surface area is 138 Å². The van der Waals surface area contributed by atoms with E-state index in [9.17, 15) is 9.59 Å². The van der Waals surface area contributed by atoms with E-state index in [-0.39, 0.29) is 11.5 Å². The summed E-state index contributed by atoms with van der Waals surface area (Å²) in [7, 11) is 1.56. The van der Waals surface area contributed by atoms with E-state index in [0.717, 1.165) is 18.4 Å². The number of nitrogens with zero attached hydrogens (tertiary/aromatic N) is 2. The fourth-order valence-electron chi connectivity index (χ4n) is 2.90. The van der Waals surface area contributed by atoms with Crippen LogP contribution in [-0.4, -0.2) is 28.9 Å². The lowest BCUT2D eigenvalue weighted by Gasteiger charge is -2.21. The molecule has 0 bridgehead atoms. The van der Waals surface area contributed by atoms with Crippen molar-refractivity contribution in [3.8, 4) is 11.5 Å². The summed E-state index contributed by atoms with van der Waals surface area (Å²) >= 11 is 0. The van der Waals surface area contributed by atoms with Crippen LogP contribution in [0.25, 0.3) is 0 Å². The van der Waals surface area contributed by atoms with E-state index in [2.05, 4.69) is 10.4 Å². The van der Waals surface area contributed by atoms with E-state index in [1.165, 1.54) is 16.9 Å². The number of rotatable bonds is 3. The van der Waals surface area contributed by atoms with Crippen molar-refractivity contribution in [2.45, 2.75) is 18.3 Å². The van der Waals surface area contributed by atoms with Gasteiger partial charge in [0.1, 0.15) is 13.2 Å². The number of hydrogen-bond donors (Lipinski definition) is 1. The lowest BCUT2D eigenvalue weighted by molar-refractivity contribution is -0.118. The molecule has 2 aliphatic rings. The van der Waals surface area contributed by atoms with Crippen LogP contribution in [0.3, 0.4) is 0 Å². The van der Waals surface area contributed by atoms with Gasteiger partial charge in [0.2, 0.25) is 5.91 Å². The zero-order valence-electron chi connectivity index (χ0n) is 13.2. The molecule has 0 spiro atoms. The van der Waals surface area contributed by atoms with Crippen LogP contribution < -0.4 is 20.3 Å². The van der Waals surface area contributed by atoms with Gasteiger partial charge in [-0.15, -0.1) is 0 Å². The number of hydrogen-bond acceptors (Lipinski definition) is 5. The standard InChI is InChI=1S/C17H17N3O4/c1-20-15(21)9-12(10-18-20)19-16(22)17(4-5-17)11-2-3-13-14(8-11)24-7-6-23-13/h2-3,8-10H,4-7H2,1H3,(H,19,22). The highest BCUT2D eigenvalue weighted by Gasteiger charge is 2.51. The van der Waals surface area contributed by atoms with Gasteiger partial charge in [-0.25, -0.2) is 4.68 Å². The molecule has 7 nitrogen and oxygen atoms in total. The molecule has 1 aliphatic carbocycles. The second kappa shape index (κ2) is 5.36. The smallest absolute Gasteiger partial charge is 0.268 e. The van der Waals surface area contributed by atoms with Crippen molar-refractivity contribution in [2.75, 3.05) is 18.5 Å². The van der Waals surface area contributed by atoms with Crippen molar-refractivity contribution in [3.63, 3.8) is 0 Å². The second-order valence-corrected chi connectivity index (χ2v) is 6.10. The van der Waals surface area contributed by atoms with Gasteiger partial charge >= 0.3 is 0 Å². The maximum absolute atomic E-state index is 12.7. The van der Waals surface area contributed by atoms with Crippen molar-refractivity contribution < 1.29 is 14.3 Å². The van der Waals surface area contributed by atoms with E-state index in [1.807, 2.05) is 18.2 Å². The van der Waals surface area contributed by atoms with Crippen molar-refractivity contribution in [2.24, 2.45) is 7.05 Å². The second-order valence-electron chi connectivity index (χ2n) is 6.10. The number of ether oxygens (including phenoxy) is 2. The molecule has 0 atom stereocenters. The quantitative estimate of drug-likeness (QED) is 0.916. The lowest BCUT2D eigenvalue weighted by Crippen LogP contribution is -2.29. The van der Waals surface area contributed by atoms with Gasteiger partial charge in [-0.2, -0.15) is 5.10 Å². The number of aromatic nitrogens is 2. The zero-order valence-corrected chi connectivity index (χ0v) is 13.2. The highest BCUT2D eigenvalue weighted by atomic mass is 16.6. The fraction of sp³-hybridized carbons (Fsp3) is 0.353. The average molecular weight is 327 g/mol.